The van der Waals surface area contributed by atoms with Gasteiger partial charge in [0.25, 0.3) is 5.91 Å². The Morgan fingerprint density at radius 1 is 1.15 bits per heavy atom. The summed E-state index contributed by atoms with van der Waals surface area (Å²) in [7, 11) is 0. The number of hydrogen-bond acceptors (Lipinski definition) is 5. The van der Waals surface area contributed by atoms with E-state index in [1.807, 2.05) is 49.4 Å². The molecule has 140 valence electrons. The number of carbonyl (C=O) groups is 2. The third-order valence-corrected chi connectivity index (χ3v) is 4.45. The fraction of sp³-hybridized carbons (Fsp3) is 0.300. The Labute approximate surface area is 156 Å². The van der Waals surface area contributed by atoms with Gasteiger partial charge in [0.1, 0.15) is 25.0 Å². The Kier molecular flexibility index (Phi) is 4.58. The maximum atomic E-state index is 12.4. The molecule has 2 amide bonds. The van der Waals surface area contributed by atoms with Crippen LogP contribution in [0.3, 0.4) is 0 Å². The lowest BCUT2D eigenvalue weighted by Gasteiger charge is -2.30. The van der Waals surface area contributed by atoms with Crippen LogP contribution in [-0.4, -0.2) is 44.2 Å². The number of carbonyl (C=O) groups excluding carboxylic acids is 2. The molecular weight excluding hydrogens is 348 g/mol. The lowest BCUT2D eigenvalue weighted by atomic mass is 10.1. The van der Waals surface area contributed by atoms with Gasteiger partial charge in [-0.3, -0.25) is 14.5 Å². The summed E-state index contributed by atoms with van der Waals surface area (Å²) < 4.78 is 16.9. The largest absolute Gasteiger partial charge is 0.486 e. The Morgan fingerprint density at radius 3 is 2.81 bits per heavy atom. The van der Waals surface area contributed by atoms with E-state index < -0.39 is 0 Å². The van der Waals surface area contributed by atoms with E-state index in [1.165, 1.54) is 4.90 Å². The van der Waals surface area contributed by atoms with E-state index in [1.54, 1.807) is 0 Å². The van der Waals surface area contributed by atoms with Crippen LogP contribution in [0.2, 0.25) is 0 Å². The van der Waals surface area contributed by atoms with Crippen molar-refractivity contribution in [2.24, 2.45) is 0 Å². The first kappa shape index (κ1) is 17.2. The Balaban J connectivity index is 1.36. The van der Waals surface area contributed by atoms with E-state index in [9.17, 15) is 9.59 Å². The molecule has 2 aromatic carbocycles. The van der Waals surface area contributed by atoms with Gasteiger partial charge in [-0.25, -0.2) is 0 Å². The minimum Gasteiger partial charge on any atom is -0.486 e. The van der Waals surface area contributed by atoms with Crippen LogP contribution in [0.25, 0.3) is 0 Å². The highest BCUT2D eigenvalue weighted by atomic mass is 16.6. The fourth-order valence-electron chi connectivity index (χ4n) is 3.08. The molecule has 0 aromatic heterocycles. The van der Waals surface area contributed by atoms with Gasteiger partial charge in [-0.15, -0.1) is 0 Å². The van der Waals surface area contributed by atoms with Gasteiger partial charge < -0.3 is 19.5 Å². The van der Waals surface area contributed by atoms with Crippen LogP contribution in [0.1, 0.15) is 5.56 Å². The van der Waals surface area contributed by atoms with Crippen LogP contribution in [0, 0.1) is 6.92 Å². The average Bonchev–Trinajstić information content (AvgIpc) is 2.68. The van der Waals surface area contributed by atoms with Crippen molar-refractivity contribution in [1.82, 2.24) is 5.32 Å². The van der Waals surface area contributed by atoms with E-state index in [0.717, 1.165) is 5.56 Å². The molecule has 7 heteroatoms. The Bertz CT molecular complexity index is 882. The minimum absolute atomic E-state index is 0.0667. The van der Waals surface area contributed by atoms with Crippen molar-refractivity contribution in [3.8, 4) is 17.2 Å². The highest BCUT2D eigenvalue weighted by molar-refractivity contribution is 6.02. The lowest BCUT2D eigenvalue weighted by molar-refractivity contribution is -0.125. The number of ether oxygens (including phenoxy) is 3. The van der Waals surface area contributed by atoms with Crippen LogP contribution >= 0.6 is 0 Å². The van der Waals surface area contributed by atoms with E-state index in [4.69, 9.17) is 14.2 Å². The number of hydrogen-bond donors (Lipinski definition) is 1. The second kappa shape index (κ2) is 7.19. The number of benzene rings is 2. The van der Waals surface area contributed by atoms with Crippen LogP contribution in [0.15, 0.2) is 42.5 Å². The van der Waals surface area contributed by atoms with Crippen molar-refractivity contribution in [3.05, 3.63) is 48.0 Å². The fourth-order valence-corrected chi connectivity index (χ4v) is 3.08. The van der Waals surface area contributed by atoms with Gasteiger partial charge in [0.15, 0.2) is 18.1 Å². The van der Waals surface area contributed by atoms with E-state index in [2.05, 4.69) is 5.32 Å². The molecule has 0 spiro atoms. The van der Waals surface area contributed by atoms with Crippen molar-refractivity contribution in [1.29, 1.82) is 0 Å². The van der Waals surface area contributed by atoms with Gasteiger partial charge in [0.05, 0.1) is 12.2 Å². The van der Waals surface area contributed by atoms with Crippen molar-refractivity contribution in [3.63, 3.8) is 0 Å². The monoisotopic (exact) mass is 368 g/mol. The smallest absolute Gasteiger partial charge is 0.265 e. The summed E-state index contributed by atoms with van der Waals surface area (Å²) in [5.74, 6) is 1.46. The predicted molar refractivity (Wildman–Crippen MR) is 98.4 cm³/mol. The molecule has 1 N–H and O–H groups in total. The first-order valence-corrected chi connectivity index (χ1v) is 8.79. The van der Waals surface area contributed by atoms with E-state index in [0.29, 0.717) is 36.1 Å². The number of anilines is 1. The summed E-state index contributed by atoms with van der Waals surface area (Å²) >= 11 is 0. The average molecular weight is 368 g/mol. The summed E-state index contributed by atoms with van der Waals surface area (Å²) in [4.78, 5) is 26.1. The summed E-state index contributed by atoms with van der Waals surface area (Å²) in [6.07, 6.45) is -0.279. The molecule has 7 nitrogen and oxygen atoms in total. The summed E-state index contributed by atoms with van der Waals surface area (Å²) in [5, 5.41) is 2.82. The van der Waals surface area contributed by atoms with Gasteiger partial charge in [-0.1, -0.05) is 18.2 Å². The molecule has 0 radical (unpaired) electrons. The quantitative estimate of drug-likeness (QED) is 0.889. The first-order chi connectivity index (χ1) is 13.1. The van der Waals surface area contributed by atoms with Gasteiger partial charge in [-0.05, 0) is 36.8 Å². The number of para-hydroxylation sites is 2. The first-order valence-electron chi connectivity index (χ1n) is 8.79. The minimum atomic E-state index is -0.279. The second-order valence-corrected chi connectivity index (χ2v) is 6.54. The van der Waals surface area contributed by atoms with Crippen LogP contribution in [0.5, 0.6) is 17.2 Å². The Morgan fingerprint density at radius 2 is 1.96 bits per heavy atom. The molecule has 4 rings (SSSR count). The van der Waals surface area contributed by atoms with Crippen LogP contribution in [0.4, 0.5) is 5.69 Å². The summed E-state index contributed by atoms with van der Waals surface area (Å²) in [6, 6.07) is 13.0. The molecule has 2 aliphatic heterocycles. The lowest BCUT2D eigenvalue weighted by Crippen LogP contribution is -2.47. The van der Waals surface area contributed by atoms with Crippen LogP contribution in [-0.2, 0) is 9.59 Å². The Hall–Kier alpha value is -3.22. The zero-order chi connectivity index (χ0) is 18.8. The van der Waals surface area contributed by atoms with Crippen LogP contribution < -0.4 is 24.4 Å². The molecule has 2 aliphatic rings. The second-order valence-electron chi connectivity index (χ2n) is 6.54. The molecule has 2 aromatic rings. The molecule has 2 heterocycles. The number of amides is 2. The maximum Gasteiger partial charge on any atom is 0.265 e. The summed E-state index contributed by atoms with van der Waals surface area (Å²) in [6.45, 7) is 2.44. The zero-order valence-corrected chi connectivity index (χ0v) is 14.9. The zero-order valence-electron chi connectivity index (χ0n) is 14.9. The number of nitrogens with one attached hydrogen (secondary N) is 1. The molecule has 0 saturated heterocycles. The van der Waals surface area contributed by atoms with Gasteiger partial charge in [0, 0.05) is 0 Å². The normalized spacial score (nSPS) is 17.7. The maximum absolute atomic E-state index is 12.4. The summed E-state index contributed by atoms with van der Waals surface area (Å²) in [5.41, 5.74) is 1.61. The molecule has 27 heavy (non-hydrogen) atoms. The SMILES string of the molecule is Cc1ccc2c(c1)N(CC(=O)NC[C@H]1COc3ccccc3O1)C(=O)CO2. The molecule has 0 fully saturated rings. The number of nitrogens with zero attached hydrogens (tertiary/aromatic N) is 1. The van der Waals surface area contributed by atoms with Crippen molar-refractivity contribution in [2.75, 3.05) is 31.2 Å². The topological polar surface area (TPSA) is 77.1 Å². The van der Waals surface area contributed by atoms with Crippen molar-refractivity contribution in [2.45, 2.75) is 13.0 Å². The highest BCUT2D eigenvalue weighted by Gasteiger charge is 2.28. The van der Waals surface area contributed by atoms with Gasteiger partial charge >= 0.3 is 0 Å². The van der Waals surface area contributed by atoms with Crippen molar-refractivity contribution >= 4 is 17.5 Å². The molecule has 0 aliphatic carbocycles. The molecule has 1 atom stereocenters. The molecule has 0 unspecified atom stereocenters. The standard InChI is InChI=1S/C20H20N2O5/c1-13-6-7-16-15(8-13)22(20(24)12-26-16)10-19(23)21-9-14-11-25-17-4-2-3-5-18(17)27-14/h2-8,14H,9-12H2,1H3,(H,21,23)/t14-/m0/s1. The third kappa shape index (κ3) is 3.67. The van der Waals surface area contributed by atoms with E-state index in [-0.39, 0.29) is 31.1 Å². The third-order valence-electron chi connectivity index (χ3n) is 4.45. The predicted octanol–water partition coefficient (Wildman–Crippen LogP) is 1.68. The number of rotatable bonds is 4. The molecular formula is C20H20N2O5. The highest BCUT2D eigenvalue weighted by Crippen LogP contribution is 2.33. The van der Waals surface area contributed by atoms with Crippen molar-refractivity contribution < 1.29 is 23.8 Å². The number of fused-ring (bicyclic) bond motifs is 2. The van der Waals surface area contributed by atoms with Gasteiger partial charge in [0.2, 0.25) is 5.91 Å². The molecule has 0 bridgehead atoms. The van der Waals surface area contributed by atoms with Gasteiger partial charge in [-0.2, -0.15) is 0 Å². The molecule has 0 saturated carbocycles. The number of aryl methyl sites for hydroxylation is 1. The van der Waals surface area contributed by atoms with E-state index >= 15 is 0 Å².